The van der Waals surface area contributed by atoms with Gasteiger partial charge in [0, 0.05) is 30.6 Å². The van der Waals surface area contributed by atoms with Gasteiger partial charge >= 0.3 is 0 Å². The van der Waals surface area contributed by atoms with Gasteiger partial charge in [0.2, 0.25) is 0 Å². The lowest BCUT2D eigenvalue weighted by Gasteiger charge is -2.19. The van der Waals surface area contributed by atoms with Crippen molar-refractivity contribution in [2.75, 3.05) is 6.61 Å². The number of benzene rings is 1. The maximum absolute atomic E-state index is 13.7. The van der Waals surface area contributed by atoms with Crippen LogP contribution in [0.3, 0.4) is 0 Å². The number of hydrogen-bond donors (Lipinski definition) is 2. The van der Waals surface area contributed by atoms with Crippen molar-refractivity contribution >= 4 is 5.57 Å². The van der Waals surface area contributed by atoms with Crippen LogP contribution in [0.25, 0.3) is 5.57 Å². The fraction of sp³-hybridized carbons (Fsp3) is 0.385. The third-order valence-corrected chi connectivity index (χ3v) is 4.96. The second-order valence-corrected chi connectivity index (χ2v) is 8.29. The Labute approximate surface area is 181 Å². The van der Waals surface area contributed by atoms with E-state index >= 15 is 0 Å². The topological polar surface area (TPSA) is 33.3 Å². The molecule has 1 aromatic carbocycles. The number of hydrogen-bond acceptors (Lipinski definition) is 3. The van der Waals surface area contributed by atoms with Crippen LogP contribution in [0.2, 0.25) is 0 Å². The van der Waals surface area contributed by atoms with E-state index in [0.29, 0.717) is 0 Å². The van der Waals surface area contributed by atoms with E-state index in [-0.39, 0.29) is 12.6 Å². The highest BCUT2D eigenvalue weighted by Gasteiger charge is 2.18. The van der Waals surface area contributed by atoms with Gasteiger partial charge in [-0.15, -0.1) is 0 Å². The summed E-state index contributed by atoms with van der Waals surface area (Å²) in [6.07, 6.45) is 11.6. The zero-order valence-corrected chi connectivity index (χ0v) is 18.9. The average Bonchev–Trinajstić information content (AvgIpc) is 2.93. The van der Waals surface area contributed by atoms with Crippen molar-refractivity contribution in [1.29, 1.82) is 0 Å². The zero-order chi connectivity index (χ0) is 22.1. The third-order valence-electron chi connectivity index (χ3n) is 4.96. The molecule has 0 amide bonds. The molecule has 162 valence electrons. The van der Waals surface area contributed by atoms with Crippen LogP contribution < -0.4 is 10.6 Å². The summed E-state index contributed by atoms with van der Waals surface area (Å²) in [4.78, 5) is 0. The van der Waals surface area contributed by atoms with Crippen LogP contribution in [0.4, 0.5) is 4.39 Å². The van der Waals surface area contributed by atoms with Gasteiger partial charge in [0.1, 0.15) is 18.0 Å². The van der Waals surface area contributed by atoms with E-state index in [1.807, 2.05) is 19.2 Å². The van der Waals surface area contributed by atoms with E-state index in [1.165, 1.54) is 36.1 Å². The van der Waals surface area contributed by atoms with Gasteiger partial charge in [0.05, 0.1) is 0 Å². The molecule has 0 bridgehead atoms. The Bertz CT molecular complexity index is 856. The molecule has 0 saturated carbocycles. The molecule has 0 fully saturated rings. The molecule has 0 radical (unpaired) electrons. The lowest BCUT2D eigenvalue weighted by atomic mass is 10.00. The quantitative estimate of drug-likeness (QED) is 0.467. The van der Waals surface area contributed by atoms with Crippen molar-refractivity contribution in [1.82, 2.24) is 10.6 Å². The molecule has 1 unspecified atom stereocenters. The largest absolute Gasteiger partial charge is 0.493 e. The van der Waals surface area contributed by atoms with Crippen LogP contribution in [0.1, 0.15) is 51.7 Å². The highest BCUT2D eigenvalue weighted by atomic mass is 19.1. The SMILES string of the molecule is C=C(/C=C/C(=C/C)c1ccccc1C)NC(C)C1=CNC=C(OCC(C)(C)F)CC1. The van der Waals surface area contributed by atoms with Gasteiger partial charge < -0.3 is 15.4 Å². The molecule has 1 heterocycles. The maximum atomic E-state index is 13.7. The van der Waals surface area contributed by atoms with Crippen LogP contribution >= 0.6 is 0 Å². The summed E-state index contributed by atoms with van der Waals surface area (Å²) in [5.74, 6) is 0.772. The molecule has 0 aromatic heterocycles. The van der Waals surface area contributed by atoms with Crippen LogP contribution in [-0.2, 0) is 4.74 Å². The maximum Gasteiger partial charge on any atom is 0.139 e. The molecule has 30 heavy (non-hydrogen) atoms. The van der Waals surface area contributed by atoms with Crippen LogP contribution in [-0.4, -0.2) is 18.3 Å². The molecule has 2 N–H and O–H groups in total. The molecule has 0 saturated heterocycles. The Balaban J connectivity index is 1.89. The first-order chi connectivity index (χ1) is 14.2. The summed E-state index contributed by atoms with van der Waals surface area (Å²) in [6.45, 7) is 13.5. The number of halogens is 1. The van der Waals surface area contributed by atoms with Gasteiger partial charge in [0.15, 0.2) is 0 Å². The lowest BCUT2D eigenvalue weighted by molar-refractivity contribution is 0.0722. The summed E-state index contributed by atoms with van der Waals surface area (Å²) in [5, 5.41) is 6.61. The molecule has 2 rings (SSSR count). The molecular weight excluding hydrogens is 375 g/mol. The van der Waals surface area contributed by atoms with Crippen LogP contribution in [0, 0.1) is 6.92 Å². The molecule has 4 heteroatoms. The van der Waals surface area contributed by atoms with E-state index in [4.69, 9.17) is 4.74 Å². The van der Waals surface area contributed by atoms with Crippen LogP contribution in [0.5, 0.6) is 0 Å². The fourth-order valence-corrected chi connectivity index (χ4v) is 3.22. The summed E-state index contributed by atoms with van der Waals surface area (Å²) < 4.78 is 19.3. The van der Waals surface area contributed by atoms with E-state index in [0.717, 1.165) is 24.3 Å². The average molecular weight is 411 g/mol. The number of nitrogens with one attached hydrogen (secondary N) is 2. The highest BCUT2D eigenvalue weighted by molar-refractivity contribution is 5.76. The summed E-state index contributed by atoms with van der Waals surface area (Å²) >= 11 is 0. The van der Waals surface area contributed by atoms with Crippen molar-refractivity contribution in [2.24, 2.45) is 0 Å². The molecule has 1 atom stereocenters. The first-order valence-electron chi connectivity index (χ1n) is 10.5. The summed E-state index contributed by atoms with van der Waals surface area (Å²) in [7, 11) is 0. The first-order valence-corrected chi connectivity index (χ1v) is 10.5. The molecular formula is C26H35FN2O. The fourth-order valence-electron chi connectivity index (χ4n) is 3.22. The monoisotopic (exact) mass is 410 g/mol. The number of allylic oxidation sites excluding steroid dienone is 5. The second kappa shape index (κ2) is 10.9. The standard InChI is InChI=1S/C26H35FN2O/c1-7-22(25-11-9-8-10-19(25)2)13-12-20(3)29-21(4)23-14-15-24(17-28-16-23)30-18-26(5,6)27/h7-13,16-17,21,28-29H,3,14-15,18H2,1-2,4-6H3/b13-12+,22-7-. The van der Waals surface area contributed by atoms with Crippen molar-refractivity contribution in [3.63, 3.8) is 0 Å². The number of ether oxygens (including phenoxy) is 1. The van der Waals surface area contributed by atoms with Gasteiger partial charge in [-0.05, 0) is 69.4 Å². The van der Waals surface area contributed by atoms with Crippen molar-refractivity contribution in [3.05, 3.63) is 89.6 Å². The molecule has 1 aliphatic heterocycles. The summed E-state index contributed by atoms with van der Waals surface area (Å²) in [6, 6.07) is 8.48. The molecule has 0 spiro atoms. The minimum Gasteiger partial charge on any atom is -0.493 e. The van der Waals surface area contributed by atoms with E-state index in [9.17, 15) is 4.39 Å². The Morgan fingerprint density at radius 2 is 2.00 bits per heavy atom. The first kappa shape index (κ1) is 23.5. The van der Waals surface area contributed by atoms with E-state index in [1.54, 1.807) is 6.20 Å². The minimum absolute atomic E-state index is 0.0550. The number of aryl methyl sites for hydroxylation is 1. The predicted octanol–water partition coefficient (Wildman–Crippen LogP) is 6.32. The number of rotatable bonds is 9. The zero-order valence-electron chi connectivity index (χ0n) is 18.9. The Hall–Kier alpha value is -2.75. The van der Waals surface area contributed by atoms with E-state index in [2.05, 4.69) is 67.5 Å². The van der Waals surface area contributed by atoms with Gasteiger partial charge in [0.25, 0.3) is 0 Å². The van der Waals surface area contributed by atoms with Crippen molar-refractivity contribution in [3.8, 4) is 0 Å². The van der Waals surface area contributed by atoms with Crippen molar-refractivity contribution < 1.29 is 9.13 Å². The lowest BCUT2D eigenvalue weighted by Crippen LogP contribution is -2.27. The summed E-state index contributed by atoms with van der Waals surface area (Å²) in [5.41, 5.74) is 4.36. The number of alkyl halides is 1. The minimum atomic E-state index is -1.34. The van der Waals surface area contributed by atoms with Gasteiger partial charge in [-0.2, -0.15) is 0 Å². The van der Waals surface area contributed by atoms with Crippen molar-refractivity contribution in [2.45, 2.75) is 59.2 Å². The molecule has 0 aliphatic carbocycles. The van der Waals surface area contributed by atoms with Gasteiger partial charge in [-0.3, -0.25) is 0 Å². The Morgan fingerprint density at radius 3 is 2.67 bits per heavy atom. The second-order valence-electron chi connectivity index (χ2n) is 8.29. The predicted molar refractivity (Wildman–Crippen MR) is 125 cm³/mol. The smallest absolute Gasteiger partial charge is 0.139 e. The highest BCUT2D eigenvalue weighted by Crippen LogP contribution is 2.22. The van der Waals surface area contributed by atoms with Gasteiger partial charge in [-0.1, -0.05) is 43.0 Å². The molecule has 1 aliphatic rings. The Morgan fingerprint density at radius 1 is 1.27 bits per heavy atom. The molecule has 3 nitrogen and oxygen atoms in total. The normalized spacial score (nSPS) is 16.3. The third kappa shape index (κ3) is 7.58. The van der Waals surface area contributed by atoms with E-state index < -0.39 is 5.67 Å². The Kier molecular flexibility index (Phi) is 8.52. The van der Waals surface area contributed by atoms with Gasteiger partial charge in [-0.25, -0.2) is 4.39 Å². The van der Waals surface area contributed by atoms with Crippen LogP contribution in [0.15, 0.2) is 78.5 Å². The molecule has 1 aromatic rings.